The molecule has 1 heterocycles. The maximum absolute atomic E-state index is 5.57. The number of hydrogen-bond donors (Lipinski definition) is 1. The second-order valence-corrected chi connectivity index (χ2v) is 3.52. The Kier molecular flexibility index (Phi) is 6.15. The summed E-state index contributed by atoms with van der Waals surface area (Å²) in [5, 5.41) is 0. The van der Waals surface area contributed by atoms with Crippen LogP contribution in [0, 0.1) is 0 Å². The predicted molar refractivity (Wildman–Crippen MR) is 52.4 cm³/mol. The van der Waals surface area contributed by atoms with Crippen LogP contribution < -0.4 is 5.73 Å². The first kappa shape index (κ1) is 11.0. The van der Waals surface area contributed by atoms with Crippen molar-refractivity contribution < 1.29 is 9.47 Å². The third-order valence-corrected chi connectivity index (χ3v) is 2.29. The van der Waals surface area contributed by atoms with Crippen LogP contribution in [-0.2, 0) is 9.47 Å². The first-order chi connectivity index (χ1) is 6.43. The molecule has 13 heavy (non-hydrogen) atoms. The number of rotatable bonds is 6. The van der Waals surface area contributed by atoms with Crippen LogP contribution in [0.4, 0.5) is 0 Å². The van der Waals surface area contributed by atoms with E-state index >= 15 is 0 Å². The van der Waals surface area contributed by atoms with E-state index in [-0.39, 0.29) is 6.29 Å². The Bertz CT molecular complexity index is 113. The lowest BCUT2D eigenvalue weighted by atomic mass is 10.2. The van der Waals surface area contributed by atoms with Crippen LogP contribution in [0.3, 0.4) is 0 Å². The van der Waals surface area contributed by atoms with E-state index in [1.165, 1.54) is 19.3 Å². The normalized spacial score (nSPS) is 23.3. The van der Waals surface area contributed by atoms with Gasteiger partial charge in [0.05, 0.1) is 0 Å². The standard InChI is InChI=1S/C10H21NO2/c11-7-3-1-4-8-12-10-6-2-5-9-13-10/h10H,1-9,11H2. The summed E-state index contributed by atoms with van der Waals surface area (Å²) in [4.78, 5) is 0. The van der Waals surface area contributed by atoms with Gasteiger partial charge in [-0.05, 0) is 45.1 Å². The van der Waals surface area contributed by atoms with E-state index in [2.05, 4.69) is 0 Å². The molecular weight excluding hydrogens is 166 g/mol. The molecule has 78 valence electrons. The maximum atomic E-state index is 5.57. The monoisotopic (exact) mass is 187 g/mol. The Balaban J connectivity index is 1.86. The van der Waals surface area contributed by atoms with E-state index in [4.69, 9.17) is 15.2 Å². The summed E-state index contributed by atoms with van der Waals surface area (Å²) in [7, 11) is 0. The van der Waals surface area contributed by atoms with E-state index < -0.39 is 0 Å². The van der Waals surface area contributed by atoms with Crippen molar-refractivity contribution >= 4 is 0 Å². The van der Waals surface area contributed by atoms with Gasteiger partial charge in [0, 0.05) is 13.2 Å². The average molecular weight is 187 g/mol. The minimum Gasteiger partial charge on any atom is -0.353 e. The largest absolute Gasteiger partial charge is 0.353 e. The number of ether oxygens (including phenoxy) is 2. The molecule has 1 rings (SSSR count). The van der Waals surface area contributed by atoms with Gasteiger partial charge in [-0.25, -0.2) is 0 Å². The second kappa shape index (κ2) is 7.30. The highest BCUT2D eigenvalue weighted by Gasteiger charge is 2.12. The first-order valence-corrected chi connectivity index (χ1v) is 5.37. The lowest BCUT2D eigenvalue weighted by Crippen LogP contribution is -2.22. The molecule has 1 saturated heterocycles. The molecule has 1 fully saturated rings. The zero-order chi connectivity index (χ0) is 9.36. The Labute approximate surface area is 80.6 Å². The summed E-state index contributed by atoms with van der Waals surface area (Å²) in [5.74, 6) is 0. The SMILES string of the molecule is NCCCCCOC1CCCCO1. The highest BCUT2D eigenvalue weighted by molar-refractivity contribution is 4.54. The van der Waals surface area contributed by atoms with Gasteiger partial charge in [-0.2, -0.15) is 0 Å². The lowest BCUT2D eigenvalue weighted by molar-refractivity contribution is -0.162. The fourth-order valence-electron chi connectivity index (χ4n) is 1.48. The quantitative estimate of drug-likeness (QED) is 0.643. The van der Waals surface area contributed by atoms with Gasteiger partial charge in [0.25, 0.3) is 0 Å². The molecule has 0 radical (unpaired) electrons. The van der Waals surface area contributed by atoms with E-state index in [1.807, 2.05) is 0 Å². The smallest absolute Gasteiger partial charge is 0.157 e. The minimum absolute atomic E-state index is 0.0756. The molecule has 0 aliphatic carbocycles. The number of unbranched alkanes of at least 4 members (excludes halogenated alkanes) is 2. The van der Waals surface area contributed by atoms with E-state index in [9.17, 15) is 0 Å². The predicted octanol–water partition coefficient (Wildman–Crippen LogP) is 1.66. The summed E-state index contributed by atoms with van der Waals surface area (Å²) in [6, 6.07) is 0. The third-order valence-electron chi connectivity index (χ3n) is 2.29. The van der Waals surface area contributed by atoms with Gasteiger partial charge in [0.1, 0.15) is 0 Å². The fourth-order valence-corrected chi connectivity index (χ4v) is 1.48. The molecule has 1 unspecified atom stereocenters. The van der Waals surface area contributed by atoms with Gasteiger partial charge in [-0.15, -0.1) is 0 Å². The summed E-state index contributed by atoms with van der Waals surface area (Å²) in [5.41, 5.74) is 5.39. The molecule has 0 aromatic rings. The van der Waals surface area contributed by atoms with Gasteiger partial charge in [0.15, 0.2) is 6.29 Å². The van der Waals surface area contributed by atoms with Crippen molar-refractivity contribution in [3.63, 3.8) is 0 Å². The van der Waals surface area contributed by atoms with E-state index in [0.717, 1.165) is 39.0 Å². The lowest BCUT2D eigenvalue weighted by Gasteiger charge is -2.22. The van der Waals surface area contributed by atoms with Gasteiger partial charge >= 0.3 is 0 Å². The van der Waals surface area contributed by atoms with Gasteiger partial charge in [-0.1, -0.05) is 0 Å². The summed E-state index contributed by atoms with van der Waals surface area (Å²) in [6.45, 7) is 2.48. The molecule has 0 aromatic carbocycles. The van der Waals surface area contributed by atoms with Crippen LogP contribution in [0.25, 0.3) is 0 Å². The Morgan fingerprint density at radius 2 is 2.15 bits per heavy atom. The summed E-state index contributed by atoms with van der Waals surface area (Å²) < 4.78 is 11.0. The molecule has 1 aliphatic heterocycles. The van der Waals surface area contributed by atoms with Gasteiger partial charge in [-0.3, -0.25) is 0 Å². The second-order valence-electron chi connectivity index (χ2n) is 3.52. The van der Waals surface area contributed by atoms with Crippen molar-refractivity contribution in [2.45, 2.75) is 44.8 Å². The Hall–Kier alpha value is -0.120. The van der Waals surface area contributed by atoms with Crippen molar-refractivity contribution in [1.29, 1.82) is 0 Å². The van der Waals surface area contributed by atoms with Gasteiger partial charge in [0.2, 0.25) is 0 Å². The van der Waals surface area contributed by atoms with Crippen LogP contribution >= 0.6 is 0 Å². The van der Waals surface area contributed by atoms with E-state index in [0.29, 0.717) is 0 Å². The minimum atomic E-state index is 0.0756. The van der Waals surface area contributed by atoms with Crippen molar-refractivity contribution in [2.24, 2.45) is 5.73 Å². The Morgan fingerprint density at radius 1 is 1.23 bits per heavy atom. The molecule has 0 amide bonds. The van der Waals surface area contributed by atoms with Crippen LogP contribution in [0.1, 0.15) is 38.5 Å². The molecular formula is C10H21NO2. The van der Waals surface area contributed by atoms with Crippen molar-refractivity contribution in [3.05, 3.63) is 0 Å². The molecule has 1 atom stereocenters. The zero-order valence-electron chi connectivity index (χ0n) is 8.34. The highest BCUT2D eigenvalue weighted by Crippen LogP contribution is 2.13. The van der Waals surface area contributed by atoms with Crippen LogP contribution in [0.2, 0.25) is 0 Å². The highest BCUT2D eigenvalue weighted by atomic mass is 16.7. The summed E-state index contributed by atoms with van der Waals surface area (Å²) in [6.07, 6.45) is 6.96. The van der Waals surface area contributed by atoms with Gasteiger partial charge < -0.3 is 15.2 Å². The Morgan fingerprint density at radius 3 is 2.85 bits per heavy atom. The molecule has 0 spiro atoms. The van der Waals surface area contributed by atoms with Crippen molar-refractivity contribution in [2.75, 3.05) is 19.8 Å². The first-order valence-electron chi connectivity index (χ1n) is 5.37. The molecule has 0 saturated carbocycles. The third kappa shape index (κ3) is 5.24. The van der Waals surface area contributed by atoms with Crippen LogP contribution in [0.15, 0.2) is 0 Å². The fraction of sp³-hybridized carbons (Fsp3) is 1.00. The maximum Gasteiger partial charge on any atom is 0.157 e. The number of nitrogens with two attached hydrogens (primary N) is 1. The van der Waals surface area contributed by atoms with Crippen molar-refractivity contribution in [1.82, 2.24) is 0 Å². The van der Waals surface area contributed by atoms with Crippen LogP contribution in [-0.4, -0.2) is 26.0 Å². The van der Waals surface area contributed by atoms with E-state index in [1.54, 1.807) is 0 Å². The molecule has 3 nitrogen and oxygen atoms in total. The topological polar surface area (TPSA) is 44.5 Å². The average Bonchev–Trinajstić information content (AvgIpc) is 2.19. The zero-order valence-corrected chi connectivity index (χ0v) is 8.34. The molecule has 0 bridgehead atoms. The molecule has 0 aromatic heterocycles. The summed E-state index contributed by atoms with van der Waals surface area (Å²) >= 11 is 0. The molecule has 3 heteroatoms. The molecule has 2 N–H and O–H groups in total. The molecule has 1 aliphatic rings. The number of hydrogen-bond acceptors (Lipinski definition) is 3. The van der Waals surface area contributed by atoms with Crippen LogP contribution in [0.5, 0.6) is 0 Å². The van der Waals surface area contributed by atoms with Crippen molar-refractivity contribution in [3.8, 4) is 0 Å².